The van der Waals surface area contributed by atoms with E-state index in [2.05, 4.69) is 19.6 Å². The van der Waals surface area contributed by atoms with Crippen molar-refractivity contribution in [3.05, 3.63) is 65.2 Å². The Morgan fingerprint density at radius 3 is 1.75 bits per heavy atom. The molecular formula is C23H30O4Si. The number of aliphatic hydroxyl groups excluding tert-OH is 1. The molecule has 0 heterocycles. The summed E-state index contributed by atoms with van der Waals surface area (Å²) < 4.78 is 10.3. The third-order valence-corrected chi connectivity index (χ3v) is 6.48. The molecule has 1 N–H and O–H groups in total. The second-order valence-electron chi connectivity index (χ2n) is 8.03. The van der Waals surface area contributed by atoms with Gasteiger partial charge in [-0.3, -0.25) is 4.79 Å². The van der Waals surface area contributed by atoms with E-state index in [-0.39, 0.29) is 11.5 Å². The van der Waals surface area contributed by atoms with Crippen molar-refractivity contribution in [3.63, 3.8) is 0 Å². The van der Waals surface area contributed by atoms with Crippen molar-refractivity contribution in [1.29, 1.82) is 0 Å². The number of ketones is 1. The number of carbonyl (C=O) groups excluding carboxylic acids is 1. The summed E-state index contributed by atoms with van der Waals surface area (Å²) in [5.41, 5.74) is 1.61. The first-order valence-corrected chi connectivity index (χ1v) is 13.2. The number of Topliss-reactive ketones (excluding diaryl/α,β-unsaturated/α-hetero) is 1. The summed E-state index contributed by atoms with van der Waals surface area (Å²) in [6.45, 7) is 6.93. The summed E-state index contributed by atoms with van der Waals surface area (Å²) >= 11 is 0. The molecule has 0 aliphatic carbocycles. The molecule has 0 saturated heterocycles. The average molecular weight is 399 g/mol. The summed E-state index contributed by atoms with van der Waals surface area (Å²) in [7, 11) is 1.96. The highest BCUT2D eigenvalue weighted by Crippen LogP contribution is 2.27. The van der Waals surface area contributed by atoms with E-state index in [9.17, 15) is 9.90 Å². The van der Waals surface area contributed by atoms with Gasteiger partial charge in [0.05, 0.1) is 14.2 Å². The van der Waals surface area contributed by atoms with Crippen LogP contribution in [0.3, 0.4) is 0 Å². The molecule has 0 amide bonds. The van der Waals surface area contributed by atoms with Crippen LogP contribution in [0.4, 0.5) is 0 Å². The minimum atomic E-state index is -1.23. The standard InChI is InChI=1S/C23H30O4Si/c1-26-19-12-8-17(9-13-19)22(24)21(7-6-16-28(3,4)5)23(25)18-10-14-20(27-2)15-11-18/h8-15,24H,6-7,16H2,1-5H3/b22-21-. The maximum Gasteiger partial charge on any atom is 0.192 e. The number of ether oxygens (including phenoxy) is 2. The Labute approximate surface area is 168 Å². The first-order chi connectivity index (χ1) is 13.2. The molecule has 2 rings (SSSR count). The molecule has 150 valence electrons. The van der Waals surface area contributed by atoms with Crippen molar-refractivity contribution in [1.82, 2.24) is 0 Å². The van der Waals surface area contributed by atoms with Crippen molar-refractivity contribution in [3.8, 4) is 11.5 Å². The first-order valence-electron chi connectivity index (χ1n) is 9.50. The monoisotopic (exact) mass is 398 g/mol. The zero-order valence-corrected chi connectivity index (χ0v) is 18.4. The lowest BCUT2D eigenvalue weighted by molar-refractivity contribution is 0.102. The Morgan fingerprint density at radius 1 is 0.857 bits per heavy atom. The molecule has 4 nitrogen and oxygen atoms in total. The molecule has 0 atom stereocenters. The summed E-state index contributed by atoms with van der Waals surface area (Å²) in [6, 6.07) is 15.2. The van der Waals surface area contributed by atoms with Crippen LogP contribution in [0.15, 0.2) is 54.1 Å². The lowest BCUT2D eigenvalue weighted by atomic mass is 9.96. The number of aliphatic hydroxyl groups is 1. The Morgan fingerprint density at radius 2 is 1.32 bits per heavy atom. The van der Waals surface area contributed by atoms with Crippen LogP contribution in [0.2, 0.25) is 25.7 Å². The van der Waals surface area contributed by atoms with Crippen molar-refractivity contribution in [2.45, 2.75) is 38.5 Å². The molecule has 0 aliphatic rings. The van der Waals surface area contributed by atoms with E-state index in [1.807, 2.05) is 0 Å². The zero-order valence-electron chi connectivity index (χ0n) is 17.4. The van der Waals surface area contributed by atoms with Crippen LogP contribution in [0, 0.1) is 0 Å². The summed E-state index contributed by atoms with van der Waals surface area (Å²) in [5.74, 6) is 1.30. The van der Waals surface area contributed by atoms with Crippen molar-refractivity contribution >= 4 is 19.6 Å². The summed E-state index contributed by atoms with van der Waals surface area (Å²) in [6.07, 6.45) is 1.43. The van der Waals surface area contributed by atoms with Crippen LogP contribution >= 0.6 is 0 Å². The highest BCUT2D eigenvalue weighted by Gasteiger charge is 2.20. The molecule has 2 aromatic rings. The predicted molar refractivity (Wildman–Crippen MR) is 117 cm³/mol. The van der Waals surface area contributed by atoms with Crippen LogP contribution in [-0.4, -0.2) is 33.2 Å². The van der Waals surface area contributed by atoms with Crippen LogP contribution < -0.4 is 9.47 Å². The summed E-state index contributed by atoms with van der Waals surface area (Å²) in [5, 5.41) is 10.9. The van der Waals surface area contributed by atoms with E-state index in [0.29, 0.717) is 34.6 Å². The zero-order chi connectivity index (χ0) is 20.7. The fourth-order valence-electron chi connectivity index (χ4n) is 2.97. The largest absolute Gasteiger partial charge is 0.507 e. The van der Waals surface area contributed by atoms with Gasteiger partial charge in [0.2, 0.25) is 0 Å². The van der Waals surface area contributed by atoms with Gasteiger partial charge in [-0.15, -0.1) is 0 Å². The summed E-state index contributed by atoms with van der Waals surface area (Å²) in [4.78, 5) is 13.2. The lowest BCUT2D eigenvalue weighted by Crippen LogP contribution is -2.19. The molecule has 5 heteroatoms. The van der Waals surface area contributed by atoms with E-state index < -0.39 is 8.07 Å². The van der Waals surface area contributed by atoms with Crippen molar-refractivity contribution in [2.75, 3.05) is 14.2 Å². The van der Waals surface area contributed by atoms with Crippen LogP contribution in [-0.2, 0) is 0 Å². The van der Waals surface area contributed by atoms with Gasteiger partial charge in [0.15, 0.2) is 5.78 Å². The number of benzene rings is 2. The molecular weight excluding hydrogens is 368 g/mol. The fourth-order valence-corrected chi connectivity index (χ4v) is 4.21. The van der Waals surface area contributed by atoms with E-state index >= 15 is 0 Å². The molecule has 0 saturated carbocycles. The maximum atomic E-state index is 13.2. The highest BCUT2D eigenvalue weighted by atomic mass is 28.3. The van der Waals surface area contributed by atoms with Gasteiger partial charge in [0.1, 0.15) is 17.3 Å². The lowest BCUT2D eigenvalue weighted by Gasteiger charge is -2.17. The van der Waals surface area contributed by atoms with Gasteiger partial charge >= 0.3 is 0 Å². The molecule has 0 radical (unpaired) electrons. The van der Waals surface area contributed by atoms with E-state index in [4.69, 9.17) is 9.47 Å². The fraction of sp³-hybridized carbons (Fsp3) is 0.348. The Bertz CT molecular complexity index is 815. The molecule has 0 aromatic heterocycles. The molecule has 0 bridgehead atoms. The Balaban J connectivity index is 2.37. The number of allylic oxidation sites excluding steroid dienone is 1. The van der Waals surface area contributed by atoms with Crippen molar-refractivity contribution in [2.24, 2.45) is 0 Å². The molecule has 2 aromatic carbocycles. The first kappa shape index (κ1) is 21.8. The molecule has 0 spiro atoms. The predicted octanol–water partition coefficient (Wildman–Crippen LogP) is 5.97. The highest BCUT2D eigenvalue weighted by molar-refractivity contribution is 6.76. The van der Waals surface area contributed by atoms with Crippen LogP contribution in [0.25, 0.3) is 5.76 Å². The van der Waals surface area contributed by atoms with Gasteiger partial charge in [-0.25, -0.2) is 0 Å². The van der Waals surface area contributed by atoms with E-state index in [1.165, 1.54) is 0 Å². The van der Waals surface area contributed by atoms with Crippen LogP contribution in [0.5, 0.6) is 11.5 Å². The molecule has 0 aliphatic heterocycles. The van der Waals surface area contributed by atoms with Gasteiger partial charge in [0.25, 0.3) is 0 Å². The average Bonchev–Trinajstić information content (AvgIpc) is 2.69. The second-order valence-corrected chi connectivity index (χ2v) is 13.6. The van der Waals surface area contributed by atoms with Crippen molar-refractivity contribution < 1.29 is 19.4 Å². The second kappa shape index (κ2) is 9.60. The van der Waals surface area contributed by atoms with Gasteiger partial charge in [-0.2, -0.15) is 0 Å². The third-order valence-electron chi connectivity index (χ3n) is 4.63. The normalized spacial score (nSPS) is 12.3. The maximum absolute atomic E-state index is 13.2. The number of hydrogen-bond acceptors (Lipinski definition) is 4. The number of carbonyl (C=O) groups is 1. The number of rotatable bonds is 9. The number of hydrogen-bond donors (Lipinski definition) is 1. The molecule has 28 heavy (non-hydrogen) atoms. The van der Waals surface area contributed by atoms with E-state index in [1.54, 1.807) is 62.8 Å². The van der Waals surface area contributed by atoms with Crippen LogP contribution in [0.1, 0.15) is 28.8 Å². The Kier molecular flexibility index (Phi) is 7.46. The topological polar surface area (TPSA) is 55.8 Å². The quantitative estimate of drug-likeness (QED) is 0.244. The SMILES string of the molecule is COc1ccc(C(=O)/C(CCC[Si](C)(C)C)=C(\O)c2ccc(OC)cc2)cc1. The molecule has 0 unspecified atom stereocenters. The third kappa shape index (κ3) is 5.99. The smallest absolute Gasteiger partial charge is 0.192 e. The van der Waals surface area contributed by atoms with Gasteiger partial charge in [-0.05, 0) is 55.0 Å². The number of methoxy groups -OCH3 is 2. The van der Waals surface area contributed by atoms with Gasteiger partial charge in [-0.1, -0.05) is 32.1 Å². The van der Waals surface area contributed by atoms with E-state index in [0.717, 1.165) is 12.5 Å². The Hall–Kier alpha value is -2.53. The van der Waals surface area contributed by atoms with Gasteiger partial charge in [0, 0.05) is 24.8 Å². The van der Waals surface area contributed by atoms with Gasteiger partial charge < -0.3 is 14.6 Å². The minimum absolute atomic E-state index is 0.0408. The molecule has 0 fully saturated rings. The minimum Gasteiger partial charge on any atom is -0.507 e.